The molecule has 1 N–H and O–H groups in total. The number of ketones is 1. The van der Waals surface area contributed by atoms with Gasteiger partial charge in [0.2, 0.25) is 5.91 Å². The maximum atomic E-state index is 12.3. The molecule has 1 amide bonds. The number of amides is 1. The van der Waals surface area contributed by atoms with Crippen LogP contribution in [-0.4, -0.2) is 37.2 Å². The zero-order valence-electron chi connectivity index (χ0n) is 13.8. The molecule has 1 aromatic carbocycles. The molecule has 126 valence electrons. The van der Waals surface area contributed by atoms with Crippen molar-refractivity contribution in [3.63, 3.8) is 0 Å². The molecule has 0 bridgehead atoms. The maximum absolute atomic E-state index is 12.3. The number of aryl methyl sites for hydroxylation is 2. The Kier molecular flexibility index (Phi) is 4.94. The lowest BCUT2D eigenvalue weighted by atomic mass is 9.98. The van der Waals surface area contributed by atoms with Gasteiger partial charge in [0.15, 0.2) is 15.6 Å². The van der Waals surface area contributed by atoms with Gasteiger partial charge in [-0.3, -0.25) is 9.59 Å². The first-order valence-electron chi connectivity index (χ1n) is 7.72. The Hall–Kier alpha value is -1.69. The number of hydrogen-bond donors (Lipinski definition) is 1. The quantitative estimate of drug-likeness (QED) is 0.833. The molecular weight excluding hydrogens is 314 g/mol. The van der Waals surface area contributed by atoms with Gasteiger partial charge in [0.1, 0.15) is 0 Å². The predicted molar refractivity (Wildman–Crippen MR) is 89.3 cm³/mol. The van der Waals surface area contributed by atoms with Crippen molar-refractivity contribution in [3.05, 3.63) is 34.9 Å². The lowest BCUT2D eigenvalue weighted by Crippen LogP contribution is -2.46. The third kappa shape index (κ3) is 4.64. The Morgan fingerprint density at radius 2 is 1.91 bits per heavy atom. The van der Waals surface area contributed by atoms with E-state index in [2.05, 4.69) is 5.32 Å². The smallest absolute Gasteiger partial charge is 0.220 e. The van der Waals surface area contributed by atoms with E-state index in [-0.39, 0.29) is 36.0 Å². The van der Waals surface area contributed by atoms with E-state index >= 15 is 0 Å². The molecule has 0 spiro atoms. The number of rotatable bonds is 5. The second kappa shape index (κ2) is 6.43. The van der Waals surface area contributed by atoms with Gasteiger partial charge in [-0.2, -0.15) is 0 Å². The van der Waals surface area contributed by atoms with Crippen LogP contribution < -0.4 is 5.32 Å². The van der Waals surface area contributed by atoms with E-state index in [1.807, 2.05) is 32.0 Å². The third-order valence-corrected chi connectivity index (χ3v) is 6.12. The van der Waals surface area contributed by atoms with Gasteiger partial charge < -0.3 is 5.32 Å². The Labute approximate surface area is 137 Å². The molecule has 1 atom stereocenters. The lowest BCUT2D eigenvalue weighted by molar-refractivity contribution is -0.122. The summed E-state index contributed by atoms with van der Waals surface area (Å²) in [4.78, 5) is 24.3. The SMILES string of the molecule is Cc1ccc(C)c(C(=O)CCC(=O)N[C@@]2(C)CCS(=O)(=O)C2)c1. The summed E-state index contributed by atoms with van der Waals surface area (Å²) in [7, 11) is -3.07. The average molecular weight is 337 g/mol. The summed E-state index contributed by atoms with van der Waals surface area (Å²) in [5.74, 6) is -0.268. The zero-order chi connectivity index (χ0) is 17.3. The minimum Gasteiger partial charge on any atom is -0.350 e. The third-order valence-electron chi connectivity index (χ3n) is 4.22. The summed E-state index contributed by atoms with van der Waals surface area (Å²) < 4.78 is 23.1. The molecule has 2 rings (SSSR count). The van der Waals surface area contributed by atoms with Crippen molar-refractivity contribution >= 4 is 21.5 Å². The first-order valence-corrected chi connectivity index (χ1v) is 9.54. The first kappa shape index (κ1) is 17.7. The topological polar surface area (TPSA) is 80.3 Å². The summed E-state index contributed by atoms with van der Waals surface area (Å²) in [6, 6.07) is 5.67. The van der Waals surface area contributed by atoms with Gasteiger partial charge in [-0.15, -0.1) is 0 Å². The number of sulfone groups is 1. The summed E-state index contributed by atoms with van der Waals surface area (Å²) in [5, 5.41) is 2.77. The number of carbonyl (C=O) groups excluding carboxylic acids is 2. The molecule has 1 saturated heterocycles. The van der Waals surface area contributed by atoms with Crippen molar-refractivity contribution in [3.8, 4) is 0 Å². The van der Waals surface area contributed by atoms with E-state index < -0.39 is 15.4 Å². The molecule has 0 radical (unpaired) electrons. The van der Waals surface area contributed by atoms with Crippen molar-refractivity contribution in [2.45, 2.75) is 45.6 Å². The molecule has 1 aliphatic heterocycles. The Balaban J connectivity index is 1.92. The largest absolute Gasteiger partial charge is 0.350 e. The predicted octanol–water partition coefficient (Wildman–Crippen LogP) is 1.96. The summed E-state index contributed by atoms with van der Waals surface area (Å²) >= 11 is 0. The monoisotopic (exact) mass is 337 g/mol. The van der Waals surface area contributed by atoms with E-state index in [1.165, 1.54) is 0 Å². The van der Waals surface area contributed by atoms with Gasteiger partial charge in [-0.25, -0.2) is 8.42 Å². The average Bonchev–Trinajstić information content (AvgIpc) is 2.72. The molecule has 0 aliphatic carbocycles. The Morgan fingerprint density at radius 1 is 1.22 bits per heavy atom. The van der Waals surface area contributed by atoms with Gasteiger partial charge in [-0.05, 0) is 38.8 Å². The molecule has 5 nitrogen and oxygen atoms in total. The maximum Gasteiger partial charge on any atom is 0.220 e. The van der Waals surface area contributed by atoms with Crippen LogP contribution in [0.2, 0.25) is 0 Å². The van der Waals surface area contributed by atoms with Crippen LogP contribution in [0.5, 0.6) is 0 Å². The second-order valence-electron chi connectivity index (χ2n) is 6.69. The molecule has 6 heteroatoms. The van der Waals surface area contributed by atoms with Crippen molar-refractivity contribution in [2.75, 3.05) is 11.5 Å². The number of hydrogen-bond acceptors (Lipinski definition) is 4. The van der Waals surface area contributed by atoms with E-state index in [0.717, 1.165) is 11.1 Å². The van der Waals surface area contributed by atoms with Gasteiger partial charge in [0, 0.05) is 18.4 Å². The van der Waals surface area contributed by atoms with Crippen LogP contribution in [0.15, 0.2) is 18.2 Å². The van der Waals surface area contributed by atoms with E-state index in [1.54, 1.807) is 6.92 Å². The van der Waals surface area contributed by atoms with E-state index in [0.29, 0.717) is 12.0 Å². The lowest BCUT2D eigenvalue weighted by Gasteiger charge is -2.23. The van der Waals surface area contributed by atoms with Crippen molar-refractivity contribution in [2.24, 2.45) is 0 Å². The van der Waals surface area contributed by atoms with Crippen molar-refractivity contribution in [1.29, 1.82) is 0 Å². The van der Waals surface area contributed by atoms with Crippen molar-refractivity contribution in [1.82, 2.24) is 5.32 Å². The van der Waals surface area contributed by atoms with Gasteiger partial charge in [0.05, 0.1) is 17.0 Å². The van der Waals surface area contributed by atoms with Gasteiger partial charge >= 0.3 is 0 Å². The second-order valence-corrected chi connectivity index (χ2v) is 8.88. The molecule has 1 aliphatic rings. The van der Waals surface area contributed by atoms with Crippen LogP contribution in [0.4, 0.5) is 0 Å². The number of Topliss-reactive ketones (excluding diaryl/α,β-unsaturated/α-hetero) is 1. The summed E-state index contributed by atoms with van der Waals surface area (Å²) in [6.07, 6.45) is 0.618. The van der Waals surface area contributed by atoms with E-state index in [9.17, 15) is 18.0 Å². The Morgan fingerprint density at radius 3 is 2.52 bits per heavy atom. The van der Waals surface area contributed by atoms with Crippen LogP contribution >= 0.6 is 0 Å². The molecule has 0 saturated carbocycles. The highest BCUT2D eigenvalue weighted by atomic mass is 32.2. The highest BCUT2D eigenvalue weighted by molar-refractivity contribution is 7.91. The van der Waals surface area contributed by atoms with Crippen LogP contribution in [0.3, 0.4) is 0 Å². The van der Waals surface area contributed by atoms with E-state index in [4.69, 9.17) is 0 Å². The van der Waals surface area contributed by atoms with Gasteiger partial charge in [0.25, 0.3) is 0 Å². The van der Waals surface area contributed by atoms with Gasteiger partial charge in [-0.1, -0.05) is 17.7 Å². The van der Waals surface area contributed by atoms with Crippen molar-refractivity contribution < 1.29 is 18.0 Å². The number of carbonyl (C=O) groups is 2. The Bertz CT molecular complexity index is 739. The van der Waals surface area contributed by atoms with Crippen LogP contribution in [-0.2, 0) is 14.6 Å². The minimum atomic E-state index is -3.07. The fraction of sp³-hybridized carbons (Fsp3) is 0.529. The molecule has 1 heterocycles. The summed E-state index contributed by atoms with van der Waals surface area (Å²) in [6.45, 7) is 5.53. The molecule has 0 unspecified atom stereocenters. The normalized spacial score (nSPS) is 22.7. The van der Waals surface area contributed by atoms with Crippen LogP contribution in [0.1, 0.15) is 47.7 Å². The molecule has 23 heavy (non-hydrogen) atoms. The minimum absolute atomic E-state index is 0.0311. The standard InChI is InChI=1S/C17H23NO4S/c1-12-4-5-13(2)14(10-12)15(19)6-7-16(20)18-17(3)8-9-23(21,22)11-17/h4-5,10H,6-9,11H2,1-3H3,(H,18,20)/t17-/m0/s1. The molecular formula is C17H23NO4S. The number of nitrogens with one attached hydrogen (secondary N) is 1. The molecule has 0 aromatic heterocycles. The molecule has 1 aromatic rings. The number of benzene rings is 1. The highest BCUT2D eigenvalue weighted by Gasteiger charge is 2.39. The zero-order valence-corrected chi connectivity index (χ0v) is 14.6. The molecule has 1 fully saturated rings. The summed E-state index contributed by atoms with van der Waals surface area (Å²) in [5.41, 5.74) is 1.84. The highest BCUT2D eigenvalue weighted by Crippen LogP contribution is 2.23. The first-order chi connectivity index (χ1) is 10.6. The fourth-order valence-corrected chi connectivity index (χ4v) is 5.00. The van der Waals surface area contributed by atoms with Crippen LogP contribution in [0.25, 0.3) is 0 Å². The van der Waals surface area contributed by atoms with Crippen LogP contribution in [0, 0.1) is 13.8 Å². The fourth-order valence-electron chi connectivity index (χ4n) is 2.91.